The summed E-state index contributed by atoms with van der Waals surface area (Å²) in [4.78, 5) is 35.6. The molecule has 1 aliphatic rings. The van der Waals surface area contributed by atoms with Crippen LogP contribution in [-0.4, -0.2) is 58.6 Å². The van der Waals surface area contributed by atoms with Gasteiger partial charge in [-0.25, -0.2) is 4.79 Å². The summed E-state index contributed by atoms with van der Waals surface area (Å²) in [5.41, 5.74) is 0. The third kappa shape index (κ3) is 4.51. The van der Waals surface area contributed by atoms with E-state index in [2.05, 4.69) is 5.32 Å². The van der Waals surface area contributed by atoms with E-state index in [-0.39, 0.29) is 30.8 Å². The van der Waals surface area contributed by atoms with E-state index >= 15 is 0 Å². The molecule has 0 aromatic heterocycles. The van der Waals surface area contributed by atoms with Gasteiger partial charge in [-0.3, -0.25) is 9.59 Å². The van der Waals surface area contributed by atoms with Gasteiger partial charge in [0.1, 0.15) is 6.04 Å². The minimum Gasteiger partial charge on any atom is -0.480 e. The Morgan fingerprint density at radius 2 is 1.89 bits per heavy atom. The quantitative estimate of drug-likeness (QED) is 0.607. The summed E-state index contributed by atoms with van der Waals surface area (Å²) in [6, 6.07) is -1.05. The number of carbonyl (C=O) groups excluding carboxylic acids is 2. The Morgan fingerprint density at radius 1 is 1.32 bits per heavy atom. The van der Waals surface area contributed by atoms with Crippen LogP contribution in [0.1, 0.15) is 26.2 Å². The molecule has 108 valence electrons. The van der Waals surface area contributed by atoms with E-state index in [0.29, 0.717) is 25.9 Å². The number of aliphatic carboxylic acids is 1. The zero-order chi connectivity index (χ0) is 14.4. The second-order valence-corrected chi connectivity index (χ2v) is 4.69. The second kappa shape index (κ2) is 7.08. The van der Waals surface area contributed by atoms with Crippen LogP contribution in [0.25, 0.3) is 0 Å². The lowest BCUT2D eigenvalue weighted by Crippen LogP contribution is -2.47. The summed E-state index contributed by atoms with van der Waals surface area (Å²) in [5, 5.41) is 20.1. The number of hydrogen-bond acceptors (Lipinski definition) is 4. The summed E-state index contributed by atoms with van der Waals surface area (Å²) in [5.74, 6) is -1.74. The number of likely N-dealkylation sites (tertiary alicyclic amines) is 1. The lowest BCUT2D eigenvalue weighted by Gasteiger charge is -2.31. The van der Waals surface area contributed by atoms with E-state index < -0.39 is 12.0 Å². The van der Waals surface area contributed by atoms with E-state index in [0.717, 1.165) is 0 Å². The van der Waals surface area contributed by atoms with Crippen LogP contribution in [-0.2, 0) is 14.4 Å². The van der Waals surface area contributed by atoms with Gasteiger partial charge in [-0.05, 0) is 12.8 Å². The number of carboxylic acid groups (broad SMARTS) is 1. The molecule has 2 amide bonds. The van der Waals surface area contributed by atoms with Crippen LogP contribution in [0.3, 0.4) is 0 Å². The molecule has 0 saturated carbocycles. The summed E-state index contributed by atoms with van der Waals surface area (Å²) in [7, 11) is 0. The van der Waals surface area contributed by atoms with Crippen LogP contribution in [0.4, 0.5) is 0 Å². The van der Waals surface area contributed by atoms with Crippen LogP contribution in [0, 0.1) is 5.92 Å². The molecule has 3 N–H and O–H groups in total. The van der Waals surface area contributed by atoms with E-state index in [1.54, 1.807) is 4.90 Å². The van der Waals surface area contributed by atoms with E-state index in [1.807, 2.05) is 0 Å². The highest BCUT2D eigenvalue weighted by molar-refractivity contribution is 5.85. The molecule has 19 heavy (non-hydrogen) atoms. The van der Waals surface area contributed by atoms with Crippen LogP contribution >= 0.6 is 0 Å². The van der Waals surface area contributed by atoms with E-state index in [9.17, 15) is 14.4 Å². The molecule has 1 heterocycles. The van der Waals surface area contributed by atoms with Gasteiger partial charge in [-0.1, -0.05) is 0 Å². The number of aliphatic hydroxyl groups is 1. The zero-order valence-electron chi connectivity index (χ0n) is 11.0. The van der Waals surface area contributed by atoms with Crippen molar-refractivity contribution in [2.24, 2.45) is 5.92 Å². The highest BCUT2D eigenvalue weighted by Gasteiger charge is 2.28. The molecule has 0 spiro atoms. The molecule has 0 aromatic carbocycles. The first-order valence-electron chi connectivity index (χ1n) is 6.35. The molecule has 1 aliphatic heterocycles. The van der Waals surface area contributed by atoms with E-state index in [4.69, 9.17) is 10.2 Å². The monoisotopic (exact) mass is 272 g/mol. The van der Waals surface area contributed by atoms with Gasteiger partial charge in [0.05, 0.1) is 0 Å². The number of piperidine rings is 1. The highest BCUT2D eigenvalue weighted by atomic mass is 16.4. The van der Waals surface area contributed by atoms with Crippen molar-refractivity contribution in [1.82, 2.24) is 10.2 Å². The van der Waals surface area contributed by atoms with Gasteiger partial charge in [-0.15, -0.1) is 0 Å². The molecule has 0 bridgehead atoms. The van der Waals surface area contributed by atoms with Crippen molar-refractivity contribution >= 4 is 17.8 Å². The molecule has 1 atom stereocenters. The Hall–Kier alpha value is -1.63. The van der Waals surface area contributed by atoms with Gasteiger partial charge in [-0.2, -0.15) is 0 Å². The first-order chi connectivity index (χ1) is 8.95. The molecule has 1 saturated heterocycles. The number of hydrogen-bond donors (Lipinski definition) is 3. The SMILES string of the molecule is CC(=O)N1CCC(C(=O)N[C@@H](CCO)C(=O)O)CC1. The maximum Gasteiger partial charge on any atom is 0.326 e. The maximum absolute atomic E-state index is 11.9. The molecule has 0 aliphatic carbocycles. The largest absolute Gasteiger partial charge is 0.480 e. The molecule has 7 nitrogen and oxygen atoms in total. The smallest absolute Gasteiger partial charge is 0.326 e. The maximum atomic E-state index is 11.9. The van der Waals surface area contributed by atoms with Crippen molar-refractivity contribution < 1.29 is 24.6 Å². The Labute approximate surface area is 111 Å². The van der Waals surface area contributed by atoms with Crippen molar-refractivity contribution in [2.45, 2.75) is 32.2 Å². The minimum atomic E-state index is -1.15. The number of aliphatic hydroxyl groups excluding tert-OH is 1. The Bertz CT molecular complexity index is 350. The van der Waals surface area contributed by atoms with E-state index in [1.165, 1.54) is 6.92 Å². The fourth-order valence-electron chi connectivity index (χ4n) is 2.13. The van der Waals surface area contributed by atoms with Gasteiger partial charge in [0.2, 0.25) is 11.8 Å². The first-order valence-corrected chi connectivity index (χ1v) is 6.35. The van der Waals surface area contributed by atoms with Crippen molar-refractivity contribution in [1.29, 1.82) is 0 Å². The molecule has 0 radical (unpaired) electrons. The van der Waals surface area contributed by atoms with Gasteiger partial charge >= 0.3 is 5.97 Å². The molecule has 0 unspecified atom stereocenters. The number of rotatable bonds is 5. The fraction of sp³-hybridized carbons (Fsp3) is 0.750. The lowest BCUT2D eigenvalue weighted by atomic mass is 9.95. The minimum absolute atomic E-state index is 0.00658. The number of nitrogens with zero attached hydrogens (tertiary/aromatic N) is 1. The predicted molar refractivity (Wildman–Crippen MR) is 66.2 cm³/mol. The normalized spacial score (nSPS) is 17.9. The Kier molecular flexibility index (Phi) is 5.75. The fourth-order valence-corrected chi connectivity index (χ4v) is 2.13. The molecule has 1 fully saturated rings. The van der Waals surface area contributed by atoms with Gasteiger partial charge < -0.3 is 20.4 Å². The third-order valence-corrected chi connectivity index (χ3v) is 3.34. The van der Waals surface area contributed by atoms with Gasteiger partial charge in [0, 0.05) is 39.0 Å². The topological polar surface area (TPSA) is 107 Å². The van der Waals surface area contributed by atoms with Gasteiger partial charge in [0.15, 0.2) is 0 Å². The standard InChI is InChI=1S/C12H20N2O5/c1-8(16)14-5-2-9(3-6-14)11(17)13-10(4-7-15)12(18)19/h9-10,15H,2-7H2,1H3,(H,13,17)(H,18,19)/t10-/m0/s1. The van der Waals surface area contributed by atoms with Crippen LogP contribution in [0.2, 0.25) is 0 Å². The van der Waals surface area contributed by atoms with Crippen molar-refractivity contribution in [3.63, 3.8) is 0 Å². The number of carbonyl (C=O) groups is 3. The van der Waals surface area contributed by atoms with Crippen molar-refractivity contribution in [3.05, 3.63) is 0 Å². The number of amides is 2. The van der Waals surface area contributed by atoms with Crippen LogP contribution in [0.15, 0.2) is 0 Å². The lowest BCUT2D eigenvalue weighted by molar-refractivity contribution is -0.143. The average molecular weight is 272 g/mol. The number of carboxylic acids is 1. The summed E-state index contributed by atoms with van der Waals surface area (Å²) >= 11 is 0. The zero-order valence-corrected chi connectivity index (χ0v) is 11.0. The highest BCUT2D eigenvalue weighted by Crippen LogP contribution is 2.17. The molecular formula is C12H20N2O5. The van der Waals surface area contributed by atoms with Gasteiger partial charge in [0.25, 0.3) is 0 Å². The predicted octanol–water partition coefficient (Wildman–Crippen LogP) is -0.803. The van der Waals surface area contributed by atoms with Crippen molar-refractivity contribution in [2.75, 3.05) is 19.7 Å². The van der Waals surface area contributed by atoms with Crippen LogP contribution < -0.4 is 5.32 Å². The van der Waals surface area contributed by atoms with Crippen molar-refractivity contribution in [3.8, 4) is 0 Å². The Morgan fingerprint density at radius 3 is 2.32 bits per heavy atom. The van der Waals surface area contributed by atoms with Crippen LogP contribution in [0.5, 0.6) is 0 Å². The second-order valence-electron chi connectivity index (χ2n) is 4.69. The molecular weight excluding hydrogens is 252 g/mol. The Balaban J connectivity index is 2.46. The molecule has 0 aromatic rings. The molecule has 7 heteroatoms. The summed E-state index contributed by atoms with van der Waals surface area (Å²) in [6.07, 6.45) is 1.07. The molecule has 1 rings (SSSR count). The average Bonchev–Trinajstić information content (AvgIpc) is 2.38. The third-order valence-electron chi connectivity index (χ3n) is 3.34. The first kappa shape index (κ1) is 15.4. The summed E-state index contributed by atoms with van der Waals surface area (Å²) < 4.78 is 0. The number of nitrogens with one attached hydrogen (secondary N) is 1. The summed E-state index contributed by atoms with van der Waals surface area (Å²) in [6.45, 7) is 2.23.